The Hall–Kier alpha value is -7.64. The van der Waals surface area contributed by atoms with E-state index in [2.05, 4.69) is 155 Å². The maximum atomic E-state index is 9.57. The molecule has 8 rings (SSSR count). The molecule has 306 valence electrons. The first-order valence-corrected chi connectivity index (χ1v) is 20.5. The molecule has 0 aliphatic carbocycles. The lowest BCUT2D eigenvalue weighted by Gasteiger charge is -2.26. The number of aliphatic hydroxyl groups excluding tert-OH is 2. The number of methoxy groups -OCH3 is 2. The molecule has 8 aromatic rings. The molecule has 0 saturated carbocycles. The molecule has 0 saturated heterocycles. The van der Waals surface area contributed by atoms with Gasteiger partial charge in [0.2, 0.25) is 0 Å². The lowest BCUT2D eigenvalue weighted by atomic mass is 10.0. The Balaban J connectivity index is 0.909. The van der Waals surface area contributed by atoms with Crippen LogP contribution in [0, 0.1) is 0 Å². The molecular formula is C56H48N2O4. The number of rotatable bonds is 15. The van der Waals surface area contributed by atoms with Gasteiger partial charge in [0.1, 0.15) is 11.5 Å². The Bertz CT molecular complexity index is 2420. The summed E-state index contributed by atoms with van der Waals surface area (Å²) in [5.74, 6) is 1.63. The van der Waals surface area contributed by atoms with Crippen LogP contribution in [-0.4, -0.2) is 24.4 Å². The monoisotopic (exact) mass is 812 g/mol. The number of ether oxygens (including phenoxy) is 2. The summed E-state index contributed by atoms with van der Waals surface area (Å²) in [7, 11) is 3.36. The maximum absolute atomic E-state index is 9.57. The van der Waals surface area contributed by atoms with Crippen molar-refractivity contribution in [3.8, 4) is 22.6 Å². The summed E-state index contributed by atoms with van der Waals surface area (Å²) in [5, 5.41) is 19.1. The van der Waals surface area contributed by atoms with Crippen LogP contribution in [0.2, 0.25) is 0 Å². The van der Waals surface area contributed by atoms with Gasteiger partial charge in [0.05, 0.1) is 27.4 Å². The van der Waals surface area contributed by atoms with Crippen molar-refractivity contribution in [3.05, 3.63) is 228 Å². The summed E-state index contributed by atoms with van der Waals surface area (Å²) in [6.45, 7) is -0.00149. The quantitative estimate of drug-likeness (QED) is 0.101. The van der Waals surface area contributed by atoms with E-state index in [9.17, 15) is 10.2 Å². The first kappa shape index (κ1) is 41.1. The van der Waals surface area contributed by atoms with Gasteiger partial charge in [-0.2, -0.15) is 0 Å². The number of nitrogens with zero attached hydrogens (tertiary/aromatic N) is 2. The molecule has 0 radical (unpaired) electrons. The van der Waals surface area contributed by atoms with Crippen molar-refractivity contribution in [2.24, 2.45) is 0 Å². The fourth-order valence-electron chi connectivity index (χ4n) is 7.29. The largest absolute Gasteiger partial charge is 0.497 e. The molecule has 2 N–H and O–H groups in total. The van der Waals surface area contributed by atoms with Crippen molar-refractivity contribution < 1.29 is 19.7 Å². The molecule has 0 fully saturated rings. The first-order chi connectivity index (χ1) is 30.5. The average Bonchev–Trinajstić information content (AvgIpc) is 3.35. The predicted octanol–water partition coefficient (Wildman–Crippen LogP) is 13.6. The van der Waals surface area contributed by atoms with Gasteiger partial charge >= 0.3 is 0 Å². The number of benzene rings is 8. The highest BCUT2D eigenvalue weighted by atomic mass is 16.5. The van der Waals surface area contributed by atoms with Crippen LogP contribution in [0.25, 0.3) is 35.4 Å². The average molecular weight is 813 g/mol. The third kappa shape index (κ3) is 9.86. The minimum absolute atomic E-state index is 0.000746. The standard InChI is InChI=1S/C56H48N2O4/c1-61-55-35-31-53(32-36-55)58(54-33-37-56(62-2)38-34-54)50-25-13-44(14-26-50)6-4-42-9-21-48(22-10-42)47-19-7-41(8-20-47)3-5-43-11-23-49(24-12-43)57(51-27-15-45(39-59)16-28-51)52-29-17-46(40-60)18-30-52/h3-38,59-60H,39-40H2,1-2H3/b5-3+,6-4+. The summed E-state index contributed by atoms with van der Waals surface area (Å²) in [5.41, 5.74) is 14.6. The Morgan fingerprint density at radius 1 is 0.323 bits per heavy atom. The van der Waals surface area contributed by atoms with E-state index in [1.807, 2.05) is 72.8 Å². The highest BCUT2D eigenvalue weighted by Gasteiger charge is 2.14. The third-order valence-corrected chi connectivity index (χ3v) is 10.8. The van der Waals surface area contributed by atoms with Gasteiger partial charge in [-0.15, -0.1) is 0 Å². The number of hydrogen-bond acceptors (Lipinski definition) is 6. The van der Waals surface area contributed by atoms with Crippen LogP contribution >= 0.6 is 0 Å². The zero-order valence-corrected chi connectivity index (χ0v) is 34.8. The molecule has 0 aromatic heterocycles. The molecule has 0 spiro atoms. The van der Waals surface area contributed by atoms with Crippen molar-refractivity contribution in [2.45, 2.75) is 13.2 Å². The minimum Gasteiger partial charge on any atom is -0.497 e. The molecule has 0 unspecified atom stereocenters. The Morgan fingerprint density at radius 3 is 0.790 bits per heavy atom. The second-order valence-corrected chi connectivity index (χ2v) is 14.8. The fourth-order valence-corrected chi connectivity index (χ4v) is 7.29. The van der Waals surface area contributed by atoms with Gasteiger partial charge in [0, 0.05) is 34.1 Å². The van der Waals surface area contributed by atoms with E-state index in [1.54, 1.807) is 14.2 Å². The lowest BCUT2D eigenvalue weighted by Crippen LogP contribution is -2.10. The van der Waals surface area contributed by atoms with E-state index in [1.165, 1.54) is 0 Å². The van der Waals surface area contributed by atoms with Crippen LogP contribution in [0.4, 0.5) is 34.1 Å². The SMILES string of the molecule is COc1ccc(N(c2ccc(/C=C/c3ccc(-c4ccc(/C=C/c5ccc(N(c6ccc(CO)cc6)c6ccc(CO)cc6)cc5)cc4)cc3)cc2)c2ccc(OC)cc2)cc1. The number of hydrogen-bond donors (Lipinski definition) is 2. The van der Waals surface area contributed by atoms with Crippen LogP contribution in [-0.2, 0) is 13.2 Å². The van der Waals surface area contributed by atoms with E-state index >= 15 is 0 Å². The Labute approximate surface area is 364 Å². The molecule has 0 bridgehead atoms. The van der Waals surface area contributed by atoms with E-state index in [4.69, 9.17) is 9.47 Å². The zero-order valence-electron chi connectivity index (χ0n) is 34.8. The molecule has 0 amide bonds. The molecule has 0 atom stereocenters. The highest BCUT2D eigenvalue weighted by molar-refractivity contribution is 5.81. The molecule has 0 aliphatic heterocycles. The molecule has 6 heteroatoms. The fraction of sp³-hybridized carbons (Fsp3) is 0.0714. The maximum Gasteiger partial charge on any atom is 0.119 e. The Morgan fingerprint density at radius 2 is 0.548 bits per heavy atom. The number of aliphatic hydroxyl groups is 2. The smallest absolute Gasteiger partial charge is 0.119 e. The van der Waals surface area contributed by atoms with E-state index in [0.717, 1.165) is 90.1 Å². The topological polar surface area (TPSA) is 65.4 Å². The second kappa shape index (κ2) is 19.6. The molecule has 6 nitrogen and oxygen atoms in total. The van der Waals surface area contributed by atoms with Gasteiger partial charge in [-0.3, -0.25) is 0 Å². The summed E-state index contributed by atoms with van der Waals surface area (Å²) in [4.78, 5) is 4.38. The van der Waals surface area contributed by atoms with Crippen LogP contribution in [0.5, 0.6) is 11.5 Å². The van der Waals surface area contributed by atoms with Gasteiger partial charge < -0.3 is 29.5 Å². The molecule has 8 aromatic carbocycles. The normalized spacial score (nSPS) is 11.2. The van der Waals surface area contributed by atoms with Gasteiger partial charge in [-0.25, -0.2) is 0 Å². The second-order valence-electron chi connectivity index (χ2n) is 14.8. The molecule has 0 aliphatic rings. The first-order valence-electron chi connectivity index (χ1n) is 20.5. The summed E-state index contributed by atoms with van der Waals surface area (Å²) >= 11 is 0. The summed E-state index contributed by atoms with van der Waals surface area (Å²) < 4.78 is 10.8. The van der Waals surface area contributed by atoms with Gasteiger partial charge in [-0.05, 0) is 142 Å². The van der Waals surface area contributed by atoms with Crippen molar-refractivity contribution in [3.63, 3.8) is 0 Å². The zero-order chi connectivity index (χ0) is 42.7. The highest BCUT2D eigenvalue weighted by Crippen LogP contribution is 2.37. The van der Waals surface area contributed by atoms with Gasteiger partial charge in [0.25, 0.3) is 0 Å². The van der Waals surface area contributed by atoms with Gasteiger partial charge in [-0.1, -0.05) is 121 Å². The minimum atomic E-state index is -0.000746. The van der Waals surface area contributed by atoms with Crippen molar-refractivity contribution in [1.29, 1.82) is 0 Å². The van der Waals surface area contributed by atoms with Crippen LogP contribution in [0.1, 0.15) is 33.4 Å². The summed E-state index contributed by atoms with van der Waals surface area (Å²) in [6, 6.07) is 66.2. The van der Waals surface area contributed by atoms with E-state index in [-0.39, 0.29) is 13.2 Å². The van der Waals surface area contributed by atoms with Gasteiger partial charge in [0.15, 0.2) is 0 Å². The molecule has 0 heterocycles. The molecule has 62 heavy (non-hydrogen) atoms. The predicted molar refractivity (Wildman–Crippen MR) is 257 cm³/mol. The van der Waals surface area contributed by atoms with Crippen molar-refractivity contribution >= 4 is 58.4 Å². The lowest BCUT2D eigenvalue weighted by molar-refractivity contribution is 0.281. The van der Waals surface area contributed by atoms with Crippen LogP contribution in [0.3, 0.4) is 0 Å². The van der Waals surface area contributed by atoms with Crippen molar-refractivity contribution in [1.82, 2.24) is 0 Å². The van der Waals surface area contributed by atoms with Crippen molar-refractivity contribution in [2.75, 3.05) is 24.0 Å². The molecular weight excluding hydrogens is 765 g/mol. The van der Waals surface area contributed by atoms with Crippen LogP contribution in [0.15, 0.2) is 194 Å². The Kier molecular flexibility index (Phi) is 13.0. The van der Waals surface area contributed by atoms with E-state index < -0.39 is 0 Å². The summed E-state index contributed by atoms with van der Waals surface area (Å²) in [6.07, 6.45) is 8.55. The van der Waals surface area contributed by atoms with E-state index in [0.29, 0.717) is 0 Å². The van der Waals surface area contributed by atoms with Crippen LogP contribution < -0.4 is 19.3 Å². The third-order valence-electron chi connectivity index (χ3n) is 10.8. The number of anilines is 6.